The van der Waals surface area contributed by atoms with Gasteiger partial charge in [0.1, 0.15) is 0 Å². The van der Waals surface area contributed by atoms with Crippen LogP contribution in [0, 0.1) is 30.9 Å². The van der Waals surface area contributed by atoms with E-state index in [0.717, 1.165) is 72.1 Å². The number of hydrogen-bond donors (Lipinski definition) is 3. The van der Waals surface area contributed by atoms with Gasteiger partial charge in [-0.15, -0.1) is 0 Å². The van der Waals surface area contributed by atoms with Crippen LogP contribution in [-0.2, 0) is 0 Å². The van der Waals surface area contributed by atoms with Crippen LogP contribution in [0.4, 0.5) is 0 Å². The number of rotatable bonds is 4. The van der Waals surface area contributed by atoms with E-state index in [0.29, 0.717) is 16.9 Å². The Kier molecular flexibility index (Phi) is 6.62. The molecule has 0 unspecified atom stereocenters. The van der Waals surface area contributed by atoms with Gasteiger partial charge in [-0.05, 0) is 73.9 Å². The van der Waals surface area contributed by atoms with Crippen LogP contribution in [0.1, 0.15) is 28.1 Å². The number of hydrogen-bond acceptors (Lipinski definition) is 3. The molecule has 0 saturated heterocycles. The van der Waals surface area contributed by atoms with Gasteiger partial charge in [0, 0.05) is 50.3 Å². The fourth-order valence-electron chi connectivity index (χ4n) is 6.44. The first-order valence-corrected chi connectivity index (χ1v) is 15.6. The molecule has 0 spiro atoms. The Morgan fingerprint density at radius 3 is 1.23 bits per heavy atom. The van der Waals surface area contributed by atoms with Crippen LogP contribution >= 0.6 is 0 Å². The van der Waals surface area contributed by atoms with Crippen molar-refractivity contribution in [3.05, 3.63) is 147 Å². The molecule has 3 aromatic carbocycles. The Hall–Kier alpha value is -6.21. The molecule has 228 valence electrons. The fourth-order valence-corrected chi connectivity index (χ4v) is 6.44. The third-order valence-corrected chi connectivity index (χ3v) is 8.88. The Balaban J connectivity index is 1.58. The van der Waals surface area contributed by atoms with E-state index in [1.54, 1.807) is 6.08 Å². The van der Waals surface area contributed by atoms with Gasteiger partial charge in [-0.3, -0.25) is 10.1 Å². The van der Waals surface area contributed by atoms with Gasteiger partial charge in [-0.2, -0.15) is 0 Å². The third kappa shape index (κ3) is 4.98. The maximum atomic E-state index is 12.5. The summed E-state index contributed by atoms with van der Waals surface area (Å²) in [4.78, 5) is 28.0. The van der Waals surface area contributed by atoms with E-state index in [1.807, 2.05) is 49.4 Å². The molecule has 7 aromatic rings. The van der Waals surface area contributed by atoms with Crippen molar-refractivity contribution in [2.75, 3.05) is 0 Å². The van der Waals surface area contributed by atoms with E-state index >= 15 is 0 Å². The maximum absolute atomic E-state index is 12.5. The highest BCUT2D eigenvalue weighted by Crippen LogP contribution is 2.37. The highest BCUT2D eigenvalue weighted by Gasteiger charge is 2.26. The van der Waals surface area contributed by atoms with Crippen LogP contribution in [-0.4, -0.2) is 24.9 Å². The fraction of sp³-hybridized carbons (Fsp3) is 0.0750. The van der Waals surface area contributed by atoms with Crippen molar-refractivity contribution in [2.24, 2.45) is 0 Å². The van der Waals surface area contributed by atoms with Crippen molar-refractivity contribution in [2.45, 2.75) is 20.8 Å². The monoisotopic (exact) mass is 613 g/mol. The van der Waals surface area contributed by atoms with Crippen LogP contribution in [0.5, 0.6) is 0 Å². The molecule has 0 radical (unpaired) electrons. The normalized spacial score (nSPS) is 12.0. The molecular formula is C40H31N5O2. The van der Waals surface area contributed by atoms with Gasteiger partial charge in [0.15, 0.2) is 5.69 Å². The van der Waals surface area contributed by atoms with Crippen molar-refractivity contribution >= 4 is 44.9 Å². The van der Waals surface area contributed by atoms with E-state index in [4.69, 9.17) is 4.98 Å². The highest BCUT2D eigenvalue weighted by molar-refractivity contribution is 6.01. The van der Waals surface area contributed by atoms with Crippen molar-refractivity contribution < 1.29 is 4.92 Å². The lowest BCUT2D eigenvalue weighted by atomic mass is 10.0. The van der Waals surface area contributed by atoms with E-state index < -0.39 is 0 Å². The molecule has 0 fully saturated rings. The molecule has 1 aliphatic rings. The number of aryl methyl sites for hydroxylation is 3. The molecular weight excluding hydrogens is 582 g/mol. The number of nitro groups is 1. The largest absolute Gasteiger partial charge is 0.354 e. The molecule has 0 atom stereocenters. The van der Waals surface area contributed by atoms with Crippen molar-refractivity contribution in [3.8, 4) is 33.4 Å². The molecule has 8 bridgehead atoms. The summed E-state index contributed by atoms with van der Waals surface area (Å²) in [5, 5.41) is 12.5. The number of benzene rings is 3. The first-order chi connectivity index (χ1) is 22.8. The minimum absolute atomic E-state index is 0.0529. The average Bonchev–Trinajstić information content (AvgIpc) is 3.89. The summed E-state index contributed by atoms with van der Waals surface area (Å²) < 4.78 is 0. The third-order valence-electron chi connectivity index (χ3n) is 8.88. The summed E-state index contributed by atoms with van der Waals surface area (Å²) >= 11 is 0. The Labute approximate surface area is 270 Å². The molecule has 0 amide bonds. The number of aromatic nitrogens is 4. The molecule has 3 N–H and O–H groups in total. The summed E-state index contributed by atoms with van der Waals surface area (Å²) in [7, 11) is 0. The number of fused-ring (bicyclic) bond motifs is 9. The highest BCUT2D eigenvalue weighted by atomic mass is 16.6. The predicted octanol–water partition coefficient (Wildman–Crippen LogP) is 10.2. The van der Waals surface area contributed by atoms with Crippen LogP contribution in [0.15, 0.2) is 109 Å². The van der Waals surface area contributed by atoms with Crippen LogP contribution < -0.4 is 0 Å². The van der Waals surface area contributed by atoms with Gasteiger partial charge in [0.25, 0.3) is 5.70 Å². The van der Waals surface area contributed by atoms with Crippen LogP contribution in [0.25, 0.3) is 78.3 Å². The molecule has 7 nitrogen and oxygen atoms in total. The van der Waals surface area contributed by atoms with Crippen molar-refractivity contribution in [1.82, 2.24) is 19.9 Å². The van der Waals surface area contributed by atoms with Crippen LogP contribution in [0.2, 0.25) is 0 Å². The average molecular weight is 614 g/mol. The first-order valence-electron chi connectivity index (χ1n) is 15.6. The zero-order valence-corrected chi connectivity index (χ0v) is 26.2. The van der Waals surface area contributed by atoms with E-state index in [9.17, 15) is 10.1 Å². The predicted molar refractivity (Wildman–Crippen MR) is 192 cm³/mol. The zero-order valence-electron chi connectivity index (χ0n) is 26.2. The minimum Gasteiger partial charge on any atom is -0.354 e. The van der Waals surface area contributed by atoms with Gasteiger partial charge < -0.3 is 15.0 Å². The Morgan fingerprint density at radius 1 is 0.489 bits per heavy atom. The summed E-state index contributed by atoms with van der Waals surface area (Å²) in [6, 6.07) is 37.2. The van der Waals surface area contributed by atoms with Gasteiger partial charge in [-0.25, -0.2) is 4.98 Å². The second-order valence-corrected chi connectivity index (χ2v) is 12.2. The summed E-state index contributed by atoms with van der Waals surface area (Å²) in [6.07, 6.45) is 1.59. The quantitative estimate of drug-likeness (QED) is 0.136. The molecule has 7 heteroatoms. The molecule has 4 aromatic heterocycles. The smallest absolute Gasteiger partial charge is 0.299 e. The van der Waals surface area contributed by atoms with E-state index in [1.165, 1.54) is 5.56 Å². The van der Waals surface area contributed by atoms with Crippen molar-refractivity contribution in [1.29, 1.82) is 0 Å². The lowest BCUT2D eigenvalue weighted by Crippen LogP contribution is -1.95. The number of H-pyrrole nitrogens is 3. The van der Waals surface area contributed by atoms with Gasteiger partial charge in [-0.1, -0.05) is 89.5 Å². The summed E-state index contributed by atoms with van der Waals surface area (Å²) in [5.74, 6) is 0. The molecule has 0 aliphatic carbocycles. The topological polar surface area (TPSA) is 103 Å². The van der Waals surface area contributed by atoms with E-state index in [2.05, 4.69) is 95.5 Å². The summed E-state index contributed by atoms with van der Waals surface area (Å²) in [6.45, 7) is 6.19. The first kappa shape index (κ1) is 28.3. The van der Waals surface area contributed by atoms with Crippen molar-refractivity contribution in [3.63, 3.8) is 0 Å². The lowest BCUT2D eigenvalue weighted by molar-refractivity contribution is -0.374. The number of aromatic amines is 3. The second kappa shape index (κ2) is 11.0. The lowest BCUT2D eigenvalue weighted by Gasteiger charge is -2.06. The van der Waals surface area contributed by atoms with E-state index in [-0.39, 0.29) is 10.6 Å². The van der Waals surface area contributed by atoms with Gasteiger partial charge in [0.05, 0.1) is 16.1 Å². The minimum atomic E-state index is -0.354. The standard InChI is InChI=1S/C40H31N5O2/c1-23-4-10-26(11-5-23)37-29-16-17-31(41-29)38(27-12-6-24(2)7-13-27)32-20-21-34(43-32)40-36(45(46)47)22-35(44-40)39(33-19-18-30(37)42-33)28-14-8-25(3)9-15-28/h4-22,41-43H,1-3H3. The zero-order chi connectivity index (χ0) is 32.2. The number of nitrogens with one attached hydrogen (secondary N) is 3. The maximum Gasteiger partial charge on any atom is 0.299 e. The molecule has 8 rings (SSSR count). The van der Waals surface area contributed by atoms with Crippen LogP contribution in [0.3, 0.4) is 0 Å². The Morgan fingerprint density at radius 2 is 0.830 bits per heavy atom. The summed E-state index contributed by atoms with van der Waals surface area (Å²) in [5.41, 5.74) is 15.0. The molecule has 1 aliphatic heterocycles. The number of nitrogens with zero attached hydrogens (tertiary/aromatic N) is 2. The Bertz CT molecular complexity index is 2490. The second-order valence-electron chi connectivity index (χ2n) is 12.2. The van der Waals surface area contributed by atoms with Gasteiger partial charge >= 0.3 is 0 Å². The molecule has 47 heavy (non-hydrogen) atoms. The molecule has 5 heterocycles. The van der Waals surface area contributed by atoms with Gasteiger partial charge in [0.2, 0.25) is 0 Å². The SMILES string of the molecule is Cc1ccc(-c2c3nc(c4ccc([nH]4)c(-c4ccc(C)cc4)c4ccc([nH]4)c(-c4ccc(C)cc4)c4ccc2[nH]4)C([N+](=O)[O-])=C3)cc1. The molecule has 0 saturated carbocycles.